The van der Waals surface area contributed by atoms with Crippen LogP contribution in [0.2, 0.25) is 0 Å². The summed E-state index contributed by atoms with van der Waals surface area (Å²) in [4.78, 5) is 11.8. The van der Waals surface area contributed by atoms with Crippen molar-refractivity contribution in [1.82, 2.24) is 5.32 Å². The fraction of sp³-hybridized carbons (Fsp3) is 0.926. The van der Waals surface area contributed by atoms with Crippen LogP contribution in [0.1, 0.15) is 148 Å². The number of aliphatic hydroxyl groups is 1. The lowest BCUT2D eigenvalue weighted by Crippen LogP contribution is -2.34. The van der Waals surface area contributed by atoms with Gasteiger partial charge < -0.3 is 10.4 Å². The van der Waals surface area contributed by atoms with E-state index in [0.717, 1.165) is 12.8 Å². The number of carbonyl (C=O) groups is 1. The van der Waals surface area contributed by atoms with Gasteiger partial charge in [-0.15, -0.1) is 0 Å². The summed E-state index contributed by atoms with van der Waals surface area (Å²) in [5, 5.41) is 11.9. The molecule has 30 heavy (non-hydrogen) atoms. The molecule has 0 aromatic heterocycles. The lowest BCUT2D eigenvalue weighted by Gasteiger charge is -2.15. The van der Waals surface area contributed by atoms with Gasteiger partial charge in [0.25, 0.3) is 0 Å². The Morgan fingerprint density at radius 3 is 1.40 bits per heavy atom. The molecule has 0 aromatic carbocycles. The van der Waals surface area contributed by atoms with Crippen LogP contribution in [0, 0.1) is 6.92 Å². The fourth-order valence-corrected chi connectivity index (χ4v) is 4.11. The Kier molecular flexibility index (Phi) is 24.2. The molecule has 0 aliphatic heterocycles. The summed E-state index contributed by atoms with van der Waals surface area (Å²) in [6.45, 7) is 6.22. The van der Waals surface area contributed by atoms with E-state index in [-0.39, 0.29) is 18.6 Å². The van der Waals surface area contributed by atoms with E-state index in [1.54, 1.807) is 0 Å². The third-order valence-corrected chi connectivity index (χ3v) is 6.20. The highest BCUT2D eigenvalue weighted by molar-refractivity contribution is 5.76. The minimum Gasteiger partial charge on any atom is -0.396 e. The summed E-state index contributed by atoms with van der Waals surface area (Å²) in [6.07, 6.45) is 27.9. The third-order valence-electron chi connectivity index (χ3n) is 6.20. The number of hydrogen-bond acceptors (Lipinski definition) is 2. The summed E-state index contributed by atoms with van der Waals surface area (Å²) in [5.41, 5.74) is 0. The second kappa shape index (κ2) is 24.7. The maximum absolute atomic E-state index is 11.8. The van der Waals surface area contributed by atoms with Gasteiger partial charge in [0.05, 0.1) is 0 Å². The smallest absolute Gasteiger partial charge is 0.220 e. The first kappa shape index (κ1) is 29.4. The number of amides is 1. The van der Waals surface area contributed by atoms with Gasteiger partial charge in [-0.1, -0.05) is 129 Å². The number of rotatable bonds is 24. The molecule has 0 fully saturated rings. The molecule has 1 unspecified atom stereocenters. The Balaban J connectivity index is 3.18. The standard InChI is InChI=1S/C27H54NO2/c1-3-5-6-7-8-9-10-11-12-13-14-15-16-17-18-19-20-21-22-23-27(30)28-26(4-2)24-25-29/h26,29H,2-25H2,1H3,(H,28,30). The van der Waals surface area contributed by atoms with Crippen molar-refractivity contribution in [3.63, 3.8) is 0 Å². The topological polar surface area (TPSA) is 49.3 Å². The molecule has 0 rings (SSSR count). The van der Waals surface area contributed by atoms with E-state index in [2.05, 4.69) is 19.2 Å². The predicted molar refractivity (Wildman–Crippen MR) is 132 cm³/mol. The van der Waals surface area contributed by atoms with Crippen LogP contribution in [0.5, 0.6) is 0 Å². The van der Waals surface area contributed by atoms with E-state index in [9.17, 15) is 4.79 Å². The molecular weight excluding hydrogens is 370 g/mol. The van der Waals surface area contributed by atoms with Crippen molar-refractivity contribution in [2.75, 3.05) is 6.61 Å². The van der Waals surface area contributed by atoms with Crippen LogP contribution < -0.4 is 5.32 Å². The van der Waals surface area contributed by atoms with E-state index >= 15 is 0 Å². The normalized spacial score (nSPS) is 12.2. The van der Waals surface area contributed by atoms with Gasteiger partial charge in [0, 0.05) is 19.1 Å². The second-order valence-electron chi connectivity index (χ2n) is 9.18. The first-order valence-electron chi connectivity index (χ1n) is 13.4. The van der Waals surface area contributed by atoms with Crippen LogP contribution in [0.15, 0.2) is 0 Å². The Labute approximate surface area is 189 Å². The van der Waals surface area contributed by atoms with Crippen molar-refractivity contribution in [3.8, 4) is 0 Å². The van der Waals surface area contributed by atoms with Crippen LogP contribution in [0.3, 0.4) is 0 Å². The minimum absolute atomic E-state index is 0.0304. The molecular formula is C27H54NO2. The van der Waals surface area contributed by atoms with E-state index in [1.807, 2.05) is 0 Å². The Hall–Kier alpha value is -0.570. The molecule has 3 nitrogen and oxygen atoms in total. The molecule has 0 saturated carbocycles. The molecule has 1 radical (unpaired) electrons. The molecule has 0 heterocycles. The summed E-state index contributed by atoms with van der Waals surface area (Å²) in [6, 6.07) is 0.0304. The van der Waals surface area contributed by atoms with Gasteiger partial charge in [0.2, 0.25) is 5.91 Å². The lowest BCUT2D eigenvalue weighted by molar-refractivity contribution is -0.122. The van der Waals surface area contributed by atoms with Crippen molar-refractivity contribution < 1.29 is 9.90 Å². The van der Waals surface area contributed by atoms with Crippen molar-refractivity contribution in [2.24, 2.45) is 0 Å². The van der Waals surface area contributed by atoms with Gasteiger partial charge in [-0.2, -0.15) is 0 Å². The predicted octanol–water partition coefficient (Wildman–Crippen LogP) is 7.90. The second-order valence-corrected chi connectivity index (χ2v) is 9.18. The summed E-state index contributed by atoms with van der Waals surface area (Å²) in [7, 11) is 0. The number of carbonyl (C=O) groups excluding carboxylic acids is 1. The SMILES string of the molecule is [CH2]CC(CCO)NC(=O)CCCCCCCCCCCCCCCCCCCCC. The average Bonchev–Trinajstić information content (AvgIpc) is 2.75. The van der Waals surface area contributed by atoms with Crippen LogP contribution in [0.25, 0.3) is 0 Å². The molecule has 0 aliphatic carbocycles. The third kappa shape index (κ3) is 22.1. The van der Waals surface area contributed by atoms with Crippen LogP contribution in [-0.4, -0.2) is 23.7 Å². The van der Waals surface area contributed by atoms with E-state index in [4.69, 9.17) is 5.11 Å². The largest absolute Gasteiger partial charge is 0.396 e. The van der Waals surface area contributed by atoms with Crippen molar-refractivity contribution in [2.45, 2.75) is 154 Å². The first-order valence-corrected chi connectivity index (χ1v) is 13.4. The number of hydrogen-bond donors (Lipinski definition) is 2. The number of aliphatic hydroxyl groups excluding tert-OH is 1. The highest BCUT2D eigenvalue weighted by Crippen LogP contribution is 2.14. The molecule has 0 aromatic rings. The monoisotopic (exact) mass is 424 g/mol. The zero-order valence-corrected chi connectivity index (χ0v) is 20.4. The van der Waals surface area contributed by atoms with Gasteiger partial charge in [0.1, 0.15) is 0 Å². The lowest BCUT2D eigenvalue weighted by atomic mass is 10.0. The maximum Gasteiger partial charge on any atom is 0.220 e. The minimum atomic E-state index is 0.0304. The number of nitrogens with one attached hydrogen (secondary N) is 1. The highest BCUT2D eigenvalue weighted by atomic mass is 16.3. The van der Waals surface area contributed by atoms with E-state index in [0.29, 0.717) is 19.3 Å². The fourth-order valence-electron chi connectivity index (χ4n) is 4.11. The zero-order chi connectivity index (χ0) is 22.1. The Bertz CT molecular complexity index is 346. The maximum atomic E-state index is 11.8. The summed E-state index contributed by atoms with van der Waals surface area (Å²) < 4.78 is 0. The summed E-state index contributed by atoms with van der Waals surface area (Å²) in [5.74, 6) is 0.115. The van der Waals surface area contributed by atoms with Gasteiger partial charge in [-0.25, -0.2) is 0 Å². The Morgan fingerprint density at radius 2 is 1.07 bits per heavy atom. The molecule has 2 N–H and O–H groups in total. The zero-order valence-electron chi connectivity index (χ0n) is 20.4. The van der Waals surface area contributed by atoms with Gasteiger partial charge in [-0.05, 0) is 19.3 Å². The molecule has 0 aliphatic rings. The van der Waals surface area contributed by atoms with Gasteiger partial charge >= 0.3 is 0 Å². The quantitative estimate of drug-likeness (QED) is 0.155. The molecule has 1 amide bonds. The molecule has 0 bridgehead atoms. The summed E-state index contributed by atoms with van der Waals surface area (Å²) >= 11 is 0. The molecule has 3 heteroatoms. The van der Waals surface area contributed by atoms with Crippen LogP contribution in [-0.2, 0) is 4.79 Å². The van der Waals surface area contributed by atoms with E-state index in [1.165, 1.54) is 109 Å². The number of unbranched alkanes of at least 4 members (excludes halogenated alkanes) is 18. The van der Waals surface area contributed by atoms with Gasteiger partial charge in [-0.3, -0.25) is 4.79 Å². The van der Waals surface area contributed by atoms with Crippen molar-refractivity contribution in [3.05, 3.63) is 6.92 Å². The van der Waals surface area contributed by atoms with Gasteiger partial charge in [0.15, 0.2) is 0 Å². The molecule has 0 spiro atoms. The van der Waals surface area contributed by atoms with E-state index < -0.39 is 0 Å². The highest BCUT2D eigenvalue weighted by Gasteiger charge is 2.09. The van der Waals surface area contributed by atoms with Crippen LogP contribution >= 0.6 is 0 Å². The molecule has 0 saturated heterocycles. The average molecular weight is 425 g/mol. The van der Waals surface area contributed by atoms with Crippen molar-refractivity contribution in [1.29, 1.82) is 0 Å². The molecule has 179 valence electrons. The van der Waals surface area contributed by atoms with Crippen LogP contribution in [0.4, 0.5) is 0 Å². The molecule has 1 atom stereocenters. The van der Waals surface area contributed by atoms with Crippen molar-refractivity contribution >= 4 is 5.91 Å². The first-order chi connectivity index (χ1) is 14.7. The Morgan fingerprint density at radius 1 is 0.700 bits per heavy atom.